The fourth-order valence-corrected chi connectivity index (χ4v) is 5.58. The van der Waals surface area contributed by atoms with E-state index in [4.69, 9.17) is 15.2 Å². The van der Waals surface area contributed by atoms with Gasteiger partial charge in [0.15, 0.2) is 5.82 Å². The van der Waals surface area contributed by atoms with Crippen LogP contribution in [0.15, 0.2) is 18.2 Å². The van der Waals surface area contributed by atoms with Gasteiger partial charge in [0.25, 0.3) is 0 Å². The molecular weight excluding hydrogens is 585 g/mol. The predicted octanol–water partition coefficient (Wildman–Crippen LogP) is 5.83. The molecule has 0 bridgehead atoms. The van der Waals surface area contributed by atoms with Crippen LogP contribution in [0.2, 0.25) is 0 Å². The topological polar surface area (TPSA) is 110 Å². The van der Waals surface area contributed by atoms with Crippen LogP contribution >= 0.6 is 0 Å². The Kier molecular flexibility index (Phi) is 11.0. The van der Waals surface area contributed by atoms with E-state index in [-0.39, 0.29) is 40.4 Å². The van der Waals surface area contributed by atoms with Gasteiger partial charge < -0.3 is 25.8 Å². The number of anilines is 2. The third-order valence-corrected chi connectivity index (χ3v) is 7.61. The van der Waals surface area contributed by atoms with E-state index < -0.39 is 35.0 Å². The van der Waals surface area contributed by atoms with Crippen molar-refractivity contribution < 1.29 is 31.4 Å². The molecular formula is C30H40F5N7O2. The van der Waals surface area contributed by atoms with Crippen molar-refractivity contribution in [2.45, 2.75) is 70.9 Å². The summed E-state index contributed by atoms with van der Waals surface area (Å²) in [6.45, 7) is 9.33. The van der Waals surface area contributed by atoms with Crippen LogP contribution in [-0.4, -0.2) is 78.0 Å². The summed E-state index contributed by atoms with van der Waals surface area (Å²) in [5.41, 5.74) is 3.30. The van der Waals surface area contributed by atoms with E-state index in [1.54, 1.807) is 6.92 Å². The van der Waals surface area contributed by atoms with E-state index in [1.165, 1.54) is 20.0 Å². The zero-order valence-corrected chi connectivity index (χ0v) is 25.4. The number of nitrogen functional groups attached to an aromatic ring is 1. The quantitative estimate of drug-likeness (QED) is 0.239. The van der Waals surface area contributed by atoms with Gasteiger partial charge in [-0.2, -0.15) is 23.1 Å². The Bertz CT molecular complexity index is 1410. The highest BCUT2D eigenvalue weighted by molar-refractivity contribution is 5.96. The van der Waals surface area contributed by atoms with Crippen LogP contribution in [0.3, 0.4) is 0 Å². The first kappa shape index (κ1) is 33.4. The summed E-state index contributed by atoms with van der Waals surface area (Å²) in [6, 6.07) is 3.37. The number of hydrogen-bond donors (Lipinski definition) is 3. The Morgan fingerprint density at radius 3 is 2.57 bits per heavy atom. The van der Waals surface area contributed by atoms with Crippen molar-refractivity contribution in [3.63, 3.8) is 0 Å². The molecule has 14 heteroatoms. The maximum Gasteiger partial charge on any atom is 0.417 e. The molecule has 0 amide bonds. The highest BCUT2D eigenvalue weighted by Gasteiger charge is 2.36. The largest absolute Gasteiger partial charge is 0.474 e. The minimum absolute atomic E-state index is 0.0229. The van der Waals surface area contributed by atoms with Crippen LogP contribution in [0.5, 0.6) is 11.9 Å². The molecule has 0 saturated carbocycles. The molecule has 0 radical (unpaired) electrons. The third-order valence-electron chi connectivity index (χ3n) is 7.61. The summed E-state index contributed by atoms with van der Waals surface area (Å²) in [5.74, 6) is -0.960. The van der Waals surface area contributed by atoms with E-state index in [0.717, 1.165) is 31.2 Å². The lowest BCUT2D eigenvalue weighted by Gasteiger charge is -2.19. The fourth-order valence-electron chi connectivity index (χ4n) is 5.58. The Morgan fingerprint density at radius 1 is 1.09 bits per heavy atom. The molecule has 2 saturated heterocycles. The number of rotatable bonds is 2. The van der Waals surface area contributed by atoms with Crippen LogP contribution in [0.25, 0.3) is 22.2 Å². The standard InChI is InChI=1S/C21H22F4N6O2.C7H12FN.C2H6/c1-10-5-6-27-7-8-28-18-14-17(30-20(31-18)32-2)15(22)16(29-19(14)33-10)12-9-11(26)3-4-13(12)21(23,24)25;8-6-4-7-2-1-3-9(7)5-6;1-2/h3-4,9-10,27H,5-8,26H2,1-2H3,(H,28,30,31);6-7H,1-5H2;1-2H3. The summed E-state index contributed by atoms with van der Waals surface area (Å²) in [7, 11) is 1.31. The fraction of sp³-hybridized carbons (Fsp3) is 0.567. The van der Waals surface area contributed by atoms with Gasteiger partial charge in [0.1, 0.15) is 28.6 Å². The lowest BCUT2D eigenvalue weighted by atomic mass is 10.0. The first-order valence-electron chi connectivity index (χ1n) is 15.0. The van der Waals surface area contributed by atoms with Gasteiger partial charge in [-0.25, -0.2) is 13.8 Å². The molecule has 0 spiro atoms. The molecule has 2 fully saturated rings. The van der Waals surface area contributed by atoms with Crippen LogP contribution < -0.4 is 25.8 Å². The Balaban J connectivity index is 0.000000337. The smallest absolute Gasteiger partial charge is 0.417 e. The van der Waals surface area contributed by atoms with Crippen LogP contribution in [-0.2, 0) is 6.18 Å². The van der Waals surface area contributed by atoms with E-state index >= 15 is 4.39 Å². The number of ether oxygens (including phenoxy) is 2. The van der Waals surface area contributed by atoms with Crippen molar-refractivity contribution in [2.75, 3.05) is 50.9 Å². The first-order valence-corrected chi connectivity index (χ1v) is 15.0. The monoisotopic (exact) mass is 625 g/mol. The molecule has 0 aliphatic carbocycles. The van der Waals surface area contributed by atoms with Crippen molar-refractivity contribution >= 4 is 22.4 Å². The van der Waals surface area contributed by atoms with Gasteiger partial charge in [0.2, 0.25) is 5.88 Å². The highest BCUT2D eigenvalue weighted by atomic mass is 19.4. The summed E-state index contributed by atoms with van der Waals surface area (Å²) in [6.07, 6.45) is -1.73. The summed E-state index contributed by atoms with van der Waals surface area (Å²) in [4.78, 5) is 14.8. The number of alkyl halides is 4. The van der Waals surface area contributed by atoms with E-state index in [1.807, 2.05) is 13.8 Å². The average molecular weight is 626 g/mol. The lowest BCUT2D eigenvalue weighted by molar-refractivity contribution is -0.137. The van der Waals surface area contributed by atoms with Gasteiger partial charge >= 0.3 is 12.2 Å². The Morgan fingerprint density at radius 2 is 1.86 bits per heavy atom. The number of aromatic nitrogens is 3. The Hall–Kier alpha value is -3.52. The summed E-state index contributed by atoms with van der Waals surface area (Å²) in [5, 5.41) is 6.41. The second-order valence-corrected chi connectivity index (χ2v) is 10.7. The van der Waals surface area contributed by atoms with Crippen LogP contribution in [0, 0.1) is 5.82 Å². The molecule has 44 heavy (non-hydrogen) atoms. The molecule has 6 rings (SSSR count). The number of methoxy groups -OCH3 is 1. The van der Waals surface area contributed by atoms with E-state index in [2.05, 4.69) is 30.5 Å². The number of nitrogens with two attached hydrogens (primary N) is 1. The molecule has 5 heterocycles. The summed E-state index contributed by atoms with van der Waals surface area (Å²) >= 11 is 0. The number of benzene rings is 1. The highest BCUT2D eigenvalue weighted by Crippen LogP contribution is 2.42. The molecule has 4 N–H and O–H groups in total. The number of nitrogens with one attached hydrogen (secondary N) is 2. The van der Waals surface area contributed by atoms with Crippen molar-refractivity contribution in [2.24, 2.45) is 0 Å². The zero-order chi connectivity index (χ0) is 32.0. The molecule has 242 valence electrons. The number of pyridine rings is 1. The normalized spacial score (nSPS) is 21.9. The number of halogens is 5. The molecule has 3 atom stereocenters. The minimum Gasteiger partial charge on any atom is -0.474 e. The van der Waals surface area contributed by atoms with E-state index in [0.29, 0.717) is 38.6 Å². The van der Waals surface area contributed by atoms with Gasteiger partial charge in [-0.05, 0) is 63.9 Å². The number of nitrogens with zero attached hydrogens (tertiary/aromatic N) is 4. The van der Waals surface area contributed by atoms with Crippen molar-refractivity contribution in [3.05, 3.63) is 29.6 Å². The zero-order valence-electron chi connectivity index (χ0n) is 25.4. The third kappa shape index (κ3) is 7.57. The molecule has 3 unspecified atom stereocenters. The second-order valence-electron chi connectivity index (χ2n) is 10.7. The van der Waals surface area contributed by atoms with Gasteiger partial charge in [-0.15, -0.1) is 0 Å². The van der Waals surface area contributed by atoms with Crippen molar-refractivity contribution in [3.8, 4) is 23.1 Å². The molecule has 9 nitrogen and oxygen atoms in total. The molecule has 1 aromatic carbocycles. The molecule has 3 aromatic rings. The molecule has 2 aromatic heterocycles. The van der Waals surface area contributed by atoms with Crippen molar-refractivity contribution in [1.82, 2.24) is 25.2 Å². The maximum atomic E-state index is 15.8. The SMILES string of the molecule is CC.COc1nc2c3c(nc(-c4cc(N)ccc4C(F)(F)F)c(F)c3n1)OC(C)CCNCCN2.FC1CC2CCCN2C1. The molecule has 3 aliphatic rings. The maximum absolute atomic E-state index is 15.8. The van der Waals surface area contributed by atoms with Gasteiger partial charge in [-0.3, -0.25) is 4.90 Å². The number of hydrogen-bond acceptors (Lipinski definition) is 9. The first-order chi connectivity index (χ1) is 21.0. The minimum atomic E-state index is -4.76. The van der Waals surface area contributed by atoms with Gasteiger partial charge in [0.05, 0.1) is 18.8 Å². The average Bonchev–Trinajstić information content (AvgIpc) is 3.56. The lowest BCUT2D eigenvalue weighted by Crippen LogP contribution is -2.26. The Labute approximate surface area is 253 Å². The van der Waals surface area contributed by atoms with Gasteiger partial charge in [0, 0.05) is 36.9 Å². The number of fused-ring (bicyclic) bond motifs is 1. The predicted molar refractivity (Wildman–Crippen MR) is 160 cm³/mol. The van der Waals surface area contributed by atoms with E-state index in [9.17, 15) is 17.6 Å². The summed E-state index contributed by atoms with van der Waals surface area (Å²) < 4.78 is 80.6. The molecule has 3 aliphatic heterocycles. The van der Waals surface area contributed by atoms with Gasteiger partial charge in [-0.1, -0.05) is 13.8 Å². The van der Waals surface area contributed by atoms with Crippen molar-refractivity contribution in [1.29, 1.82) is 0 Å². The second kappa shape index (κ2) is 14.5. The van der Waals surface area contributed by atoms with Crippen LogP contribution in [0.1, 0.15) is 52.0 Å². The van der Waals surface area contributed by atoms with Crippen LogP contribution in [0.4, 0.5) is 33.5 Å².